The number of carbonyl (C=O) groups excluding carboxylic acids is 1. The van der Waals surface area contributed by atoms with Gasteiger partial charge in [0.25, 0.3) is 5.91 Å². The highest BCUT2D eigenvalue weighted by molar-refractivity contribution is 9.10. The summed E-state index contributed by atoms with van der Waals surface area (Å²) in [7, 11) is -3.61. The predicted molar refractivity (Wildman–Crippen MR) is 106 cm³/mol. The van der Waals surface area contributed by atoms with Crippen molar-refractivity contribution in [2.75, 3.05) is 17.1 Å². The van der Waals surface area contributed by atoms with Crippen molar-refractivity contribution in [1.29, 1.82) is 0 Å². The standard InChI is InChI=1S/C16H15Br2N3O3S/c1-25(23,24)21(14-8-6-13(17)7-9-14)11-16(22)20-19-10-12-4-2-3-5-15(12)18/h2-10H,11H2,1H3,(H,20,22)/b19-10-. The number of anilines is 1. The Bertz CT molecular complexity index is 884. The fraction of sp³-hybridized carbons (Fsp3) is 0.125. The van der Waals surface area contributed by atoms with Crippen LogP contribution < -0.4 is 9.73 Å². The molecule has 25 heavy (non-hydrogen) atoms. The van der Waals surface area contributed by atoms with Crippen LogP contribution in [0.5, 0.6) is 0 Å². The molecule has 2 rings (SSSR count). The summed E-state index contributed by atoms with van der Waals surface area (Å²) in [6.45, 7) is -0.367. The molecule has 0 saturated heterocycles. The number of rotatable bonds is 6. The Balaban J connectivity index is 2.07. The first-order chi connectivity index (χ1) is 11.8. The summed E-state index contributed by atoms with van der Waals surface area (Å²) in [5.41, 5.74) is 3.52. The van der Waals surface area contributed by atoms with E-state index in [-0.39, 0.29) is 6.54 Å². The SMILES string of the molecule is CS(=O)(=O)N(CC(=O)N/N=C\c1ccccc1Br)c1ccc(Br)cc1. The Morgan fingerprint density at radius 3 is 2.40 bits per heavy atom. The molecule has 0 bridgehead atoms. The fourth-order valence-electron chi connectivity index (χ4n) is 1.93. The minimum atomic E-state index is -3.61. The van der Waals surface area contributed by atoms with Gasteiger partial charge in [-0.2, -0.15) is 5.10 Å². The Morgan fingerprint density at radius 2 is 1.80 bits per heavy atom. The highest BCUT2D eigenvalue weighted by Crippen LogP contribution is 2.20. The van der Waals surface area contributed by atoms with Gasteiger partial charge in [0.2, 0.25) is 10.0 Å². The average molecular weight is 489 g/mol. The molecular weight excluding hydrogens is 474 g/mol. The van der Waals surface area contributed by atoms with E-state index < -0.39 is 15.9 Å². The Labute approximate surface area is 163 Å². The highest BCUT2D eigenvalue weighted by Gasteiger charge is 2.20. The van der Waals surface area contributed by atoms with Gasteiger partial charge in [-0.25, -0.2) is 13.8 Å². The lowest BCUT2D eigenvalue weighted by atomic mass is 10.2. The van der Waals surface area contributed by atoms with Crippen LogP contribution in [0.4, 0.5) is 5.69 Å². The van der Waals surface area contributed by atoms with Crippen LogP contribution in [0.3, 0.4) is 0 Å². The van der Waals surface area contributed by atoms with Gasteiger partial charge >= 0.3 is 0 Å². The Morgan fingerprint density at radius 1 is 1.16 bits per heavy atom. The molecule has 0 aromatic heterocycles. The van der Waals surface area contributed by atoms with Gasteiger partial charge in [-0.3, -0.25) is 9.10 Å². The van der Waals surface area contributed by atoms with Crippen LogP contribution in [0.1, 0.15) is 5.56 Å². The number of carbonyl (C=O) groups is 1. The largest absolute Gasteiger partial charge is 0.271 e. The number of halogens is 2. The number of benzene rings is 2. The van der Waals surface area contributed by atoms with Crippen molar-refractivity contribution >= 4 is 59.7 Å². The number of amides is 1. The van der Waals surface area contributed by atoms with E-state index >= 15 is 0 Å². The topological polar surface area (TPSA) is 78.8 Å². The second kappa shape index (κ2) is 8.59. The molecule has 1 amide bonds. The van der Waals surface area contributed by atoms with Crippen molar-refractivity contribution in [1.82, 2.24) is 5.43 Å². The molecule has 0 aliphatic heterocycles. The van der Waals surface area contributed by atoms with E-state index in [1.54, 1.807) is 24.3 Å². The maximum Gasteiger partial charge on any atom is 0.260 e. The van der Waals surface area contributed by atoms with Gasteiger partial charge in [0.05, 0.1) is 18.2 Å². The zero-order valence-corrected chi connectivity index (χ0v) is 17.2. The van der Waals surface area contributed by atoms with Crippen LogP contribution >= 0.6 is 31.9 Å². The molecule has 0 spiro atoms. The smallest absolute Gasteiger partial charge is 0.260 e. The molecule has 0 aliphatic carbocycles. The maximum absolute atomic E-state index is 12.1. The lowest BCUT2D eigenvalue weighted by Gasteiger charge is -2.21. The second-order valence-electron chi connectivity index (χ2n) is 5.06. The quantitative estimate of drug-likeness (QED) is 0.501. The van der Waals surface area contributed by atoms with Crippen molar-refractivity contribution in [2.45, 2.75) is 0 Å². The first kappa shape index (κ1) is 19.6. The molecule has 132 valence electrons. The van der Waals surface area contributed by atoms with Gasteiger partial charge in [0.15, 0.2) is 0 Å². The highest BCUT2D eigenvalue weighted by atomic mass is 79.9. The molecule has 0 saturated carbocycles. The normalized spacial score (nSPS) is 11.5. The number of sulfonamides is 1. The molecule has 1 N–H and O–H groups in total. The number of hydrazone groups is 1. The molecule has 6 nitrogen and oxygen atoms in total. The van der Waals surface area contributed by atoms with Crippen LogP contribution in [0, 0.1) is 0 Å². The van der Waals surface area contributed by atoms with Crippen molar-refractivity contribution in [3.05, 3.63) is 63.0 Å². The summed E-state index contributed by atoms with van der Waals surface area (Å²) in [5.74, 6) is -0.545. The number of nitrogens with zero attached hydrogens (tertiary/aromatic N) is 2. The summed E-state index contributed by atoms with van der Waals surface area (Å²) < 4.78 is 26.6. The van der Waals surface area contributed by atoms with Crippen LogP contribution in [-0.4, -0.2) is 33.3 Å². The summed E-state index contributed by atoms with van der Waals surface area (Å²) in [6.07, 6.45) is 2.53. The predicted octanol–water partition coefficient (Wildman–Crippen LogP) is 3.13. The van der Waals surface area contributed by atoms with Crippen molar-refractivity contribution in [2.24, 2.45) is 5.10 Å². The van der Waals surface area contributed by atoms with E-state index in [1.165, 1.54) is 6.21 Å². The van der Waals surface area contributed by atoms with Crippen molar-refractivity contribution in [3.8, 4) is 0 Å². The van der Waals surface area contributed by atoms with E-state index in [0.29, 0.717) is 5.69 Å². The second-order valence-corrected chi connectivity index (χ2v) is 8.74. The molecule has 9 heteroatoms. The molecule has 2 aromatic carbocycles. The van der Waals surface area contributed by atoms with Gasteiger partial charge < -0.3 is 0 Å². The lowest BCUT2D eigenvalue weighted by molar-refractivity contribution is -0.119. The van der Waals surface area contributed by atoms with Gasteiger partial charge in [-0.15, -0.1) is 0 Å². The Kier molecular flexibility index (Phi) is 6.74. The summed E-state index contributed by atoms with van der Waals surface area (Å²) in [6, 6.07) is 14.0. The van der Waals surface area contributed by atoms with Crippen LogP contribution in [0.15, 0.2) is 62.6 Å². The van der Waals surface area contributed by atoms with Crippen LogP contribution in [0.2, 0.25) is 0 Å². The Hall–Kier alpha value is -1.71. The summed E-state index contributed by atoms with van der Waals surface area (Å²) >= 11 is 6.66. The summed E-state index contributed by atoms with van der Waals surface area (Å²) in [4.78, 5) is 12.1. The number of hydrogen-bond acceptors (Lipinski definition) is 4. The van der Waals surface area contributed by atoms with Crippen molar-refractivity contribution in [3.63, 3.8) is 0 Å². The number of nitrogens with one attached hydrogen (secondary N) is 1. The van der Waals surface area contributed by atoms with Gasteiger partial charge in [0, 0.05) is 14.5 Å². The first-order valence-electron chi connectivity index (χ1n) is 7.07. The van der Waals surface area contributed by atoms with E-state index in [9.17, 15) is 13.2 Å². The molecule has 0 radical (unpaired) electrons. The van der Waals surface area contributed by atoms with Gasteiger partial charge in [0.1, 0.15) is 6.54 Å². The van der Waals surface area contributed by atoms with E-state index in [2.05, 4.69) is 42.4 Å². The monoisotopic (exact) mass is 487 g/mol. The molecule has 0 atom stereocenters. The first-order valence-corrected chi connectivity index (χ1v) is 10.5. The van der Waals surface area contributed by atoms with Crippen LogP contribution in [-0.2, 0) is 14.8 Å². The third-order valence-electron chi connectivity index (χ3n) is 3.10. The minimum absolute atomic E-state index is 0.367. The van der Waals surface area contributed by atoms with E-state index in [4.69, 9.17) is 0 Å². The van der Waals surface area contributed by atoms with Crippen molar-refractivity contribution < 1.29 is 13.2 Å². The van der Waals surface area contributed by atoms with Gasteiger partial charge in [-0.05, 0) is 30.3 Å². The molecule has 0 heterocycles. The average Bonchev–Trinajstić information content (AvgIpc) is 2.54. The third-order valence-corrected chi connectivity index (χ3v) is 5.49. The summed E-state index contributed by atoms with van der Waals surface area (Å²) in [5, 5.41) is 3.86. The molecular formula is C16H15Br2N3O3S. The maximum atomic E-state index is 12.1. The molecule has 0 fully saturated rings. The van der Waals surface area contributed by atoms with Gasteiger partial charge in [-0.1, -0.05) is 50.1 Å². The molecule has 0 aliphatic rings. The lowest BCUT2D eigenvalue weighted by Crippen LogP contribution is -2.39. The molecule has 2 aromatic rings. The zero-order valence-electron chi connectivity index (χ0n) is 13.2. The fourth-order valence-corrected chi connectivity index (χ4v) is 3.43. The molecule has 0 unspecified atom stereocenters. The van der Waals surface area contributed by atoms with E-state index in [1.807, 2.05) is 24.3 Å². The van der Waals surface area contributed by atoms with Crippen LogP contribution in [0.25, 0.3) is 0 Å². The number of hydrogen-bond donors (Lipinski definition) is 1. The third kappa shape index (κ3) is 5.94. The van der Waals surface area contributed by atoms with E-state index in [0.717, 1.165) is 25.1 Å². The zero-order chi connectivity index (χ0) is 18.4. The minimum Gasteiger partial charge on any atom is -0.271 e.